The van der Waals surface area contributed by atoms with E-state index in [1.807, 2.05) is 0 Å². The van der Waals surface area contributed by atoms with Gasteiger partial charge in [-0.25, -0.2) is 4.39 Å². The monoisotopic (exact) mass is 357 g/mol. The molecule has 2 aromatic rings. The van der Waals surface area contributed by atoms with Crippen molar-refractivity contribution in [2.24, 2.45) is 0 Å². The zero-order valence-electron chi connectivity index (χ0n) is 14.1. The van der Waals surface area contributed by atoms with Crippen molar-refractivity contribution >= 4 is 17.4 Å². The Hall–Kier alpha value is -2.63. The van der Waals surface area contributed by atoms with Gasteiger partial charge in [0.15, 0.2) is 5.78 Å². The summed E-state index contributed by atoms with van der Waals surface area (Å²) in [4.78, 5) is 12.0. The quantitative estimate of drug-likeness (QED) is 0.546. The third kappa shape index (κ3) is 3.73. The summed E-state index contributed by atoms with van der Waals surface area (Å²) in [7, 11) is 0. The van der Waals surface area contributed by atoms with Crippen LogP contribution in [0.3, 0.4) is 0 Å². The molecule has 0 aliphatic heterocycles. The Bertz CT molecular complexity index is 903. The minimum atomic E-state index is -0.621. The second-order valence-electron chi connectivity index (χ2n) is 5.75. The number of carbonyl (C=O) groups excluding carboxylic acids is 1. The maximum atomic E-state index is 14.0. The van der Waals surface area contributed by atoms with Gasteiger partial charge in [-0.2, -0.15) is 10.5 Å². The maximum absolute atomic E-state index is 14.0. The van der Waals surface area contributed by atoms with Gasteiger partial charge in [0.25, 0.3) is 0 Å². The number of nitriles is 2. The van der Waals surface area contributed by atoms with Gasteiger partial charge >= 0.3 is 0 Å². The molecule has 128 valence electrons. The van der Waals surface area contributed by atoms with Crippen molar-refractivity contribution in [2.75, 3.05) is 0 Å². The fraction of sp³-hybridized carbons (Fsp3) is 0.316. The molecule has 0 bridgehead atoms. The van der Waals surface area contributed by atoms with Crippen LogP contribution in [0.1, 0.15) is 53.5 Å². The average Bonchev–Trinajstić information content (AvgIpc) is 2.81. The molecule has 25 heavy (non-hydrogen) atoms. The van der Waals surface area contributed by atoms with Gasteiger partial charge in [-0.05, 0) is 51.3 Å². The number of rotatable bonds is 6. The largest absolute Gasteiger partial charge is 0.316 e. The zero-order chi connectivity index (χ0) is 18.6. The summed E-state index contributed by atoms with van der Waals surface area (Å²) in [5, 5.41) is 17.9. The molecule has 0 aliphatic carbocycles. The molecule has 1 aromatic carbocycles. The molecule has 0 unspecified atom stereocenters. The Morgan fingerprint density at radius 2 is 2.04 bits per heavy atom. The summed E-state index contributed by atoms with van der Waals surface area (Å²) >= 11 is 6.44. The van der Waals surface area contributed by atoms with Crippen molar-refractivity contribution < 1.29 is 9.18 Å². The number of halogens is 2. The Morgan fingerprint density at radius 1 is 1.32 bits per heavy atom. The number of nitrogens with zero attached hydrogens (tertiary/aromatic N) is 3. The number of benzene rings is 1. The number of Topliss-reactive ketones (excluding diaryl/α,β-unsaturated/α-hetero) is 1. The second-order valence-corrected chi connectivity index (χ2v) is 6.13. The SMILES string of the molecule is CC(=O)c1c(Cl)c(CCCCC#N)n(-c2ccc(C#N)c(F)c2)c1C. The van der Waals surface area contributed by atoms with Crippen LogP contribution < -0.4 is 0 Å². The molecule has 6 heteroatoms. The van der Waals surface area contributed by atoms with Gasteiger partial charge in [0, 0.05) is 23.5 Å². The summed E-state index contributed by atoms with van der Waals surface area (Å²) in [6, 6.07) is 8.20. The first-order valence-corrected chi connectivity index (χ1v) is 8.27. The van der Waals surface area contributed by atoms with Crippen LogP contribution in [0.4, 0.5) is 4.39 Å². The smallest absolute Gasteiger partial charge is 0.163 e. The lowest BCUT2D eigenvalue weighted by Crippen LogP contribution is -2.04. The highest BCUT2D eigenvalue weighted by Crippen LogP contribution is 2.33. The molecule has 0 radical (unpaired) electrons. The molecule has 4 nitrogen and oxygen atoms in total. The predicted molar refractivity (Wildman–Crippen MR) is 93.4 cm³/mol. The zero-order valence-corrected chi connectivity index (χ0v) is 14.8. The van der Waals surface area contributed by atoms with Crippen molar-refractivity contribution in [2.45, 2.75) is 39.5 Å². The lowest BCUT2D eigenvalue weighted by molar-refractivity contribution is 0.101. The highest BCUT2D eigenvalue weighted by molar-refractivity contribution is 6.35. The van der Waals surface area contributed by atoms with Crippen molar-refractivity contribution in [3.05, 3.63) is 51.6 Å². The molecule has 0 saturated heterocycles. The summed E-state index contributed by atoms with van der Waals surface area (Å²) < 4.78 is 15.8. The summed E-state index contributed by atoms with van der Waals surface area (Å²) in [6.45, 7) is 3.20. The minimum Gasteiger partial charge on any atom is -0.316 e. The molecule has 1 heterocycles. The van der Waals surface area contributed by atoms with Gasteiger partial charge in [0.05, 0.1) is 22.2 Å². The van der Waals surface area contributed by atoms with E-state index in [0.29, 0.717) is 46.9 Å². The molecule has 2 rings (SSSR count). The summed E-state index contributed by atoms with van der Waals surface area (Å²) in [5.74, 6) is -0.780. The van der Waals surface area contributed by atoms with Crippen LogP contribution in [0.2, 0.25) is 5.02 Å². The van der Waals surface area contributed by atoms with E-state index in [2.05, 4.69) is 6.07 Å². The minimum absolute atomic E-state index is 0.0398. The Labute approximate surface area is 151 Å². The third-order valence-electron chi connectivity index (χ3n) is 4.08. The van der Waals surface area contributed by atoms with E-state index >= 15 is 0 Å². The molecular weight excluding hydrogens is 341 g/mol. The summed E-state index contributed by atoms with van der Waals surface area (Å²) in [5.41, 5.74) is 2.24. The number of hydrogen-bond donors (Lipinski definition) is 0. The number of hydrogen-bond acceptors (Lipinski definition) is 3. The predicted octanol–water partition coefficient (Wildman–Crippen LogP) is 4.89. The molecular formula is C19H17ClFN3O. The van der Waals surface area contributed by atoms with Gasteiger partial charge < -0.3 is 4.57 Å². The fourth-order valence-corrected chi connectivity index (χ4v) is 3.37. The summed E-state index contributed by atoms with van der Waals surface area (Å²) in [6.07, 6.45) is 2.46. The molecule has 0 fully saturated rings. The van der Waals surface area contributed by atoms with Crippen LogP contribution >= 0.6 is 11.6 Å². The molecule has 0 atom stereocenters. The Kier molecular flexibility index (Phi) is 5.96. The number of aromatic nitrogens is 1. The van der Waals surface area contributed by atoms with E-state index in [1.54, 1.807) is 23.6 Å². The molecule has 0 spiro atoms. The van der Waals surface area contributed by atoms with Crippen LogP contribution in [0.25, 0.3) is 5.69 Å². The van der Waals surface area contributed by atoms with Gasteiger partial charge in [0.1, 0.15) is 11.9 Å². The molecule has 0 aliphatic rings. The lowest BCUT2D eigenvalue weighted by atomic mass is 10.1. The first kappa shape index (κ1) is 18.7. The first-order valence-electron chi connectivity index (χ1n) is 7.90. The third-order valence-corrected chi connectivity index (χ3v) is 4.48. The topological polar surface area (TPSA) is 69.6 Å². The lowest BCUT2D eigenvalue weighted by Gasteiger charge is -2.12. The van der Waals surface area contributed by atoms with Gasteiger partial charge in [-0.15, -0.1) is 0 Å². The standard InChI is InChI=1S/C19H17ClFN3O/c1-12-18(13(2)25)19(20)17(6-4-3-5-9-22)24(12)15-8-7-14(11-23)16(21)10-15/h7-8,10H,3-6H2,1-2H3. The Balaban J connectivity index is 2.57. The van der Waals surface area contributed by atoms with E-state index in [-0.39, 0.29) is 11.3 Å². The van der Waals surface area contributed by atoms with Gasteiger partial charge in [-0.3, -0.25) is 4.79 Å². The van der Waals surface area contributed by atoms with Crippen LogP contribution in [0.15, 0.2) is 18.2 Å². The molecule has 1 aromatic heterocycles. The molecule has 0 amide bonds. The van der Waals surface area contributed by atoms with Crippen molar-refractivity contribution in [1.29, 1.82) is 10.5 Å². The van der Waals surface area contributed by atoms with Crippen LogP contribution in [0.5, 0.6) is 0 Å². The van der Waals surface area contributed by atoms with E-state index in [9.17, 15) is 9.18 Å². The molecule has 0 saturated carbocycles. The van der Waals surface area contributed by atoms with Crippen molar-refractivity contribution in [3.63, 3.8) is 0 Å². The fourth-order valence-electron chi connectivity index (χ4n) is 2.93. The number of ketones is 1. The van der Waals surface area contributed by atoms with E-state index in [1.165, 1.54) is 19.1 Å². The van der Waals surface area contributed by atoms with Gasteiger partial charge in [0.2, 0.25) is 0 Å². The average molecular weight is 358 g/mol. The highest BCUT2D eigenvalue weighted by Gasteiger charge is 2.22. The van der Waals surface area contributed by atoms with Crippen molar-refractivity contribution in [3.8, 4) is 17.8 Å². The van der Waals surface area contributed by atoms with Crippen LogP contribution in [0, 0.1) is 35.4 Å². The maximum Gasteiger partial charge on any atom is 0.163 e. The van der Waals surface area contributed by atoms with E-state index < -0.39 is 5.82 Å². The molecule has 0 N–H and O–H groups in total. The van der Waals surface area contributed by atoms with E-state index in [0.717, 1.165) is 6.42 Å². The van der Waals surface area contributed by atoms with Crippen LogP contribution in [-0.2, 0) is 6.42 Å². The number of unbranched alkanes of at least 4 members (excludes halogenated alkanes) is 2. The highest BCUT2D eigenvalue weighted by atomic mass is 35.5. The Morgan fingerprint density at radius 3 is 2.60 bits per heavy atom. The second kappa shape index (κ2) is 7.96. The van der Waals surface area contributed by atoms with Gasteiger partial charge in [-0.1, -0.05) is 11.6 Å². The normalized spacial score (nSPS) is 10.3. The van der Waals surface area contributed by atoms with Crippen LogP contribution in [-0.4, -0.2) is 10.4 Å². The van der Waals surface area contributed by atoms with E-state index in [4.69, 9.17) is 22.1 Å². The number of carbonyl (C=O) groups is 1. The first-order chi connectivity index (χ1) is 11.9. The van der Waals surface area contributed by atoms with Crippen molar-refractivity contribution in [1.82, 2.24) is 4.57 Å².